The zero-order chi connectivity index (χ0) is 27.1. The van der Waals surface area contributed by atoms with Gasteiger partial charge in [-0.3, -0.25) is 0 Å². The lowest BCUT2D eigenvalue weighted by atomic mass is 9.77. The Morgan fingerprint density at radius 2 is 0.947 bits per heavy atom. The third kappa shape index (κ3) is 6.88. The van der Waals surface area contributed by atoms with Crippen LogP contribution >= 0.6 is 0 Å². The average Bonchev–Trinajstić information content (AvgIpc) is 3.59. The summed E-state index contributed by atoms with van der Waals surface area (Å²) in [7, 11) is 7.98. The number of nitrogens with zero attached hydrogens (tertiary/aromatic N) is 2. The van der Waals surface area contributed by atoms with Gasteiger partial charge in [0.15, 0.2) is 0 Å². The van der Waals surface area contributed by atoms with Crippen LogP contribution in [0.5, 0.6) is 0 Å². The largest absolute Gasteiger partial charge is 0.375 e. The van der Waals surface area contributed by atoms with E-state index in [4.69, 9.17) is 9.47 Å². The number of methoxy groups -OCH3 is 2. The van der Waals surface area contributed by atoms with Crippen LogP contribution < -0.4 is 0 Å². The van der Waals surface area contributed by atoms with Crippen LogP contribution in [-0.4, -0.2) is 63.3 Å². The van der Waals surface area contributed by atoms with Gasteiger partial charge >= 0.3 is 0 Å². The first-order valence-electron chi connectivity index (χ1n) is 13.5. The summed E-state index contributed by atoms with van der Waals surface area (Å²) in [6.07, 6.45) is 13.4. The molecular weight excluding hydrogens is 468 g/mol. The molecule has 2 aromatic rings. The molecule has 0 N–H and O–H groups in total. The van der Waals surface area contributed by atoms with Crippen molar-refractivity contribution in [3.05, 3.63) is 134 Å². The first kappa shape index (κ1) is 29.3. The molecule has 2 aliphatic rings. The molecule has 200 valence electrons. The molecule has 0 amide bonds. The van der Waals surface area contributed by atoms with E-state index in [9.17, 15) is 0 Å². The third-order valence-electron chi connectivity index (χ3n) is 7.97. The lowest BCUT2D eigenvalue weighted by Gasteiger charge is -2.37. The predicted molar refractivity (Wildman–Crippen MR) is 155 cm³/mol. The van der Waals surface area contributed by atoms with Gasteiger partial charge in [-0.05, 0) is 89.4 Å². The number of hydrogen-bond acceptors (Lipinski definition) is 4. The molecule has 0 bridgehead atoms. The maximum Gasteiger partial charge on any atom is 0.0973 e. The summed E-state index contributed by atoms with van der Waals surface area (Å²) in [5.74, 6) is 5.30. The fraction of sp³-hybridized carbons (Fsp3) is 0.353. The minimum absolute atomic E-state index is 0.0163. The highest BCUT2D eigenvalue weighted by molar-refractivity contribution is 5.64. The molecule has 10 radical (unpaired) electrons. The van der Waals surface area contributed by atoms with Crippen LogP contribution in [0.25, 0.3) is 0 Å². The molecule has 2 fully saturated rings. The van der Waals surface area contributed by atoms with Crippen molar-refractivity contribution in [2.45, 2.75) is 38.1 Å². The van der Waals surface area contributed by atoms with Gasteiger partial charge in [0, 0.05) is 51.2 Å². The molecule has 0 saturated heterocycles. The van der Waals surface area contributed by atoms with Crippen molar-refractivity contribution in [1.82, 2.24) is 9.80 Å². The van der Waals surface area contributed by atoms with Gasteiger partial charge in [-0.25, -0.2) is 0 Å². The number of rotatable bonds is 13. The fourth-order valence-corrected chi connectivity index (χ4v) is 5.51. The van der Waals surface area contributed by atoms with E-state index in [0.717, 1.165) is 13.1 Å². The Balaban J connectivity index is 1.37. The lowest BCUT2D eigenvalue weighted by Crippen LogP contribution is -2.40. The molecule has 2 saturated carbocycles. The summed E-state index contributed by atoms with van der Waals surface area (Å²) < 4.78 is 11.9. The van der Waals surface area contributed by atoms with Gasteiger partial charge in [-0.15, -0.1) is 0 Å². The molecular formula is C34H42N2O2. The van der Waals surface area contributed by atoms with E-state index >= 15 is 0 Å². The van der Waals surface area contributed by atoms with Gasteiger partial charge in [0.05, 0.1) is 12.2 Å². The fourth-order valence-electron chi connectivity index (χ4n) is 5.51. The standard InChI is InChI=1S/C34H42N2O2/c1-25(33(37-5)27-15-9-7-10-16-27)35(3)23-29-19-13-21-31(29)32-22-14-20-30(32)24-36(4)26(2)34(38-6)28-17-11-8-12-18-28/h7-22,25-26,33-34H,23-24H2,1-6H3/t25-,26-,33-,34-/m0/s1. The second-order valence-electron chi connectivity index (χ2n) is 10.4. The van der Waals surface area contributed by atoms with Crippen molar-refractivity contribution in [3.63, 3.8) is 0 Å². The van der Waals surface area contributed by atoms with Crippen LogP contribution in [-0.2, 0) is 9.47 Å². The Hall–Kier alpha value is -1.72. The Morgan fingerprint density at radius 1 is 0.579 bits per heavy atom. The predicted octanol–water partition coefficient (Wildman–Crippen LogP) is 5.95. The van der Waals surface area contributed by atoms with Gasteiger partial charge in [0.1, 0.15) is 0 Å². The highest BCUT2D eigenvalue weighted by Gasteiger charge is 2.43. The van der Waals surface area contributed by atoms with Crippen LogP contribution in [0.4, 0.5) is 0 Å². The summed E-state index contributed by atoms with van der Waals surface area (Å²) >= 11 is 0. The third-order valence-corrected chi connectivity index (χ3v) is 7.97. The summed E-state index contributed by atoms with van der Waals surface area (Å²) in [6.45, 7) is 6.19. The normalized spacial score (nSPS) is 21.4. The summed E-state index contributed by atoms with van der Waals surface area (Å²) in [5.41, 5.74) is 2.41. The van der Waals surface area contributed by atoms with E-state index in [1.807, 2.05) is 12.1 Å². The Kier molecular flexibility index (Phi) is 10.8. The molecule has 0 aliphatic heterocycles. The zero-order valence-electron chi connectivity index (χ0n) is 23.7. The van der Waals surface area contributed by atoms with Gasteiger partial charge in [-0.1, -0.05) is 60.7 Å². The monoisotopic (exact) mass is 510 g/mol. The molecule has 4 rings (SSSR count). The minimum atomic E-state index is 0.0163. The topological polar surface area (TPSA) is 24.9 Å². The molecule has 0 heterocycles. The van der Waals surface area contributed by atoms with Gasteiger partial charge in [0.2, 0.25) is 0 Å². The van der Waals surface area contributed by atoms with Crippen LogP contribution in [0.15, 0.2) is 60.7 Å². The van der Waals surface area contributed by atoms with E-state index in [-0.39, 0.29) is 24.3 Å². The van der Waals surface area contributed by atoms with E-state index in [0.29, 0.717) is 0 Å². The Morgan fingerprint density at radius 3 is 1.29 bits per heavy atom. The number of likely N-dealkylation sites (N-methyl/N-ethyl adjacent to an activating group) is 2. The molecule has 4 nitrogen and oxygen atoms in total. The zero-order valence-corrected chi connectivity index (χ0v) is 23.7. The second kappa shape index (κ2) is 14.1. The minimum Gasteiger partial charge on any atom is -0.375 e. The summed E-state index contributed by atoms with van der Waals surface area (Å²) in [4.78, 5) is 4.78. The van der Waals surface area contributed by atoms with Crippen LogP contribution in [0, 0.1) is 62.2 Å². The second-order valence-corrected chi connectivity index (χ2v) is 10.4. The molecule has 4 heteroatoms. The van der Waals surface area contributed by atoms with Crippen molar-refractivity contribution in [3.8, 4) is 0 Å². The smallest absolute Gasteiger partial charge is 0.0973 e. The van der Waals surface area contributed by atoms with Crippen molar-refractivity contribution >= 4 is 0 Å². The van der Waals surface area contributed by atoms with E-state index in [1.165, 1.54) is 34.8 Å². The van der Waals surface area contributed by atoms with E-state index in [1.54, 1.807) is 14.2 Å². The molecule has 0 unspecified atom stereocenters. The van der Waals surface area contributed by atoms with Gasteiger partial charge in [0.25, 0.3) is 0 Å². The van der Waals surface area contributed by atoms with Crippen LogP contribution in [0.3, 0.4) is 0 Å². The quantitative estimate of drug-likeness (QED) is 0.332. The highest BCUT2D eigenvalue weighted by Crippen LogP contribution is 2.50. The maximum absolute atomic E-state index is 5.93. The van der Waals surface area contributed by atoms with E-state index in [2.05, 4.69) is 125 Å². The van der Waals surface area contributed by atoms with Crippen LogP contribution in [0.1, 0.15) is 37.2 Å². The number of benzene rings is 2. The molecule has 2 aliphatic carbocycles. The number of hydrogen-bond donors (Lipinski definition) is 0. The number of ether oxygens (including phenoxy) is 2. The first-order valence-corrected chi connectivity index (χ1v) is 13.5. The maximum atomic E-state index is 5.93. The van der Waals surface area contributed by atoms with Crippen LogP contribution in [0.2, 0.25) is 0 Å². The SMILES string of the molecule is CO[C@H](c1ccccc1)[C@H](C)N(C)C[C]1[CH][CH][CH][C]1[C]1[CH][CH][CH][C]1CN(C)[C@@H](C)[C@H](OC)c1ccccc1. The Bertz CT molecular complexity index is 861. The molecule has 4 atom stereocenters. The van der Waals surface area contributed by atoms with Crippen molar-refractivity contribution in [2.75, 3.05) is 41.4 Å². The summed E-state index contributed by atoms with van der Waals surface area (Å²) in [6, 6.07) is 21.4. The average molecular weight is 511 g/mol. The summed E-state index contributed by atoms with van der Waals surface area (Å²) in [5, 5.41) is 0. The molecule has 38 heavy (non-hydrogen) atoms. The first-order chi connectivity index (χ1) is 18.4. The molecule has 0 aromatic heterocycles. The lowest BCUT2D eigenvalue weighted by molar-refractivity contribution is 0.0315. The Labute approximate surface area is 232 Å². The van der Waals surface area contributed by atoms with Crippen molar-refractivity contribution in [2.24, 2.45) is 0 Å². The van der Waals surface area contributed by atoms with E-state index < -0.39 is 0 Å². The molecule has 2 aromatic carbocycles. The van der Waals surface area contributed by atoms with Gasteiger partial charge in [-0.2, -0.15) is 0 Å². The van der Waals surface area contributed by atoms with Crippen molar-refractivity contribution in [1.29, 1.82) is 0 Å². The van der Waals surface area contributed by atoms with Crippen molar-refractivity contribution < 1.29 is 9.47 Å². The highest BCUT2D eigenvalue weighted by atomic mass is 16.5. The molecule has 0 spiro atoms. The van der Waals surface area contributed by atoms with Gasteiger partial charge < -0.3 is 19.3 Å².